The summed E-state index contributed by atoms with van der Waals surface area (Å²) in [6, 6.07) is 0.414. The Hall–Kier alpha value is -0.0800. The number of aliphatic hydroxyl groups is 1. The third kappa shape index (κ3) is 3.16. The van der Waals surface area contributed by atoms with Crippen molar-refractivity contribution in [1.29, 1.82) is 0 Å². The number of nitrogens with zero attached hydrogens (tertiary/aromatic N) is 1. The average Bonchev–Trinajstić information content (AvgIpc) is 2.69. The van der Waals surface area contributed by atoms with Gasteiger partial charge in [-0.15, -0.1) is 0 Å². The van der Waals surface area contributed by atoms with Crippen molar-refractivity contribution in [2.24, 2.45) is 23.2 Å². The van der Waals surface area contributed by atoms with Crippen LogP contribution in [0.3, 0.4) is 0 Å². The molecule has 0 bridgehead atoms. The summed E-state index contributed by atoms with van der Waals surface area (Å²) in [6.45, 7) is 14.2. The zero-order valence-electron chi connectivity index (χ0n) is 13.5. The highest BCUT2D eigenvalue weighted by Gasteiger charge is 2.41. The van der Waals surface area contributed by atoms with Gasteiger partial charge < -0.3 is 5.11 Å². The lowest BCUT2D eigenvalue weighted by atomic mass is 9.67. The van der Waals surface area contributed by atoms with Crippen molar-refractivity contribution in [3.63, 3.8) is 0 Å². The summed E-state index contributed by atoms with van der Waals surface area (Å²) in [5, 5.41) is 10.4. The van der Waals surface area contributed by atoms with Crippen molar-refractivity contribution in [2.75, 3.05) is 13.1 Å². The highest BCUT2D eigenvalue weighted by molar-refractivity contribution is 4.94. The van der Waals surface area contributed by atoms with E-state index >= 15 is 0 Å². The van der Waals surface area contributed by atoms with Gasteiger partial charge in [-0.25, -0.2) is 0 Å². The molecule has 1 saturated carbocycles. The quantitative estimate of drug-likeness (QED) is 0.845. The molecule has 2 heteroatoms. The second kappa shape index (κ2) is 5.73. The van der Waals surface area contributed by atoms with Crippen LogP contribution in [0.15, 0.2) is 0 Å². The van der Waals surface area contributed by atoms with Crippen LogP contribution in [0.1, 0.15) is 60.3 Å². The molecule has 2 rings (SSSR count). The van der Waals surface area contributed by atoms with Crippen molar-refractivity contribution in [3.8, 4) is 0 Å². The summed E-state index contributed by atoms with van der Waals surface area (Å²) >= 11 is 0. The molecule has 19 heavy (non-hydrogen) atoms. The third-order valence-corrected chi connectivity index (χ3v) is 6.28. The SMILES string of the molecule is CCC(C)(C)C1CCC(O)C(N2CC(C)C(C)C2)C1. The van der Waals surface area contributed by atoms with E-state index in [0.29, 0.717) is 11.5 Å². The van der Waals surface area contributed by atoms with Gasteiger partial charge in [0, 0.05) is 19.1 Å². The topological polar surface area (TPSA) is 23.5 Å². The zero-order chi connectivity index (χ0) is 14.2. The van der Waals surface area contributed by atoms with Gasteiger partial charge in [0.15, 0.2) is 0 Å². The predicted molar refractivity (Wildman–Crippen MR) is 81.1 cm³/mol. The van der Waals surface area contributed by atoms with Gasteiger partial charge in [0.25, 0.3) is 0 Å². The van der Waals surface area contributed by atoms with Crippen LogP contribution in [-0.4, -0.2) is 35.2 Å². The fourth-order valence-corrected chi connectivity index (χ4v) is 3.97. The Kier molecular flexibility index (Phi) is 4.62. The van der Waals surface area contributed by atoms with E-state index in [4.69, 9.17) is 0 Å². The molecule has 5 atom stereocenters. The minimum absolute atomic E-state index is 0.0959. The Morgan fingerprint density at radius 3 is 2.21 bits per heavy atom. The van der Waals surface area contributed by atoms with Crippen LogP contribution in [0.5, 0.6) is 0 Å². The van der Waals surface area contributed by atoms with E-state index in [1.165, 1.54) is 32.4 Å². The molecule has 0 aromatic heterocycles. The van der Waals surface area contributed by atoms with Gasteiger partial charge in [-0.3, -0.25) is 4.90 Å². The molecule has 1 aliphatic carbocycles. The Balaban J connectivity index is 2.03. The maximum atomic E-state index is 10.4. The Bertz CT molecular complexity index is 292. The first-order chi connectivity index (χ1) is 8.85. The molecular weight excluding hydrogens is 234 g/mol. The number of hydrogen-bond donors (Lipinski definition) is 1. The van der Waals surface area contributed by atoms with E-state index in [1.54, 1.807) is 0 Å². The fraction of sp³-hybridized carbons (Fsp3) is 1.00. The lowest BCUT2D eigenvalue weighted by molar-refractivity contribution is -0.0144. The van der Waals surface area contributed by atoms with Gasteiger partial charge in [-0.05, 0) is 42.4 Å². The third-order valence-electron chi connectivity index (χ3n) is 6.28. The van der Waals surface area contributed by atoms with E-state index in [-0.39, 0.29) is 6.10 Å². The average molecular weight is 267 g/mol. The number of likely N-dealkylation sites (tertiary alicyclic amines) is 1. The van der Waals surface area contributed by atoms with Crippen molar-refractivity contribution < 1.29 is 5.11 Å². The summed E-state index contributed by atoms with van der Waals surface area (Å²) in [6.07, 6.45) is 4.55. The normalized spacial score (nSPS) is 41.7. The number of hydrogen-bond acceptors (Lipinski definition) is 2. The minimum atomic E-state index is -0.0959. The predicted octanol–water partition coefficient (Wildman–Crippen LogP) is 3.54. The van der Waals surface area contributed by atoms with Crippen LogP contribution in [0.25, 0.3) is 0 Å². The zero-order valence-corrected chi connectivity index (χ0v) is 13.5. The minimum Gasteiger partial charge on any atom is -0.391 e. The fourth-order valence-electron chi connectivity index (χ4n) is 3.97. The molecule has 0 aromatic carbocycles. The van der Waals surface area contributed by atoms with Gasteiger partial charge in [0.05, 0.1) is 6.10 Å². The molecule has 1 aliphatic heterocycles. The first-order valence-corrected chi connectivity index (χ1v) is 8.27. The van der Waals surface area contributed by atoms with Crippen molar-refractivity contribution >= 4 is 0 Å². The lowest BCUT2D eigenvalue weighted by Crippen LogP contribution is -2.48. The molecule has 0 aromatic rings. The van der Waals surface area contributed by atoms with Crippen LogP contribution in [-0.2, 0) is 0 Å². The second-order valence-electron chi connectivity index (χ2n) is 7.90. The van der Waals surface area contributed by atoms with Gasteiger partial charge in [0.1, 0.15) is 0 Å². The molecule has 2 fully saturated rings. The summed E-state index contributed by atoms with van der Waals surface area (Å²) in [5.41, 5.74) is 0.426. The largest absolute Gasteiger partial charge is 0.391 e. The van der Waals surface area contributed by atoms with Crippen molar-refractivity contribution in [1.82, 2.24) is 4.90 Å². The van der Waals surface area contributed by atoms with Crippen LogP contribution in [0.2, 0.25) is 0 Å². The summed E-state index contributed by atoms with van der Waals surface area (Å²) in [7, 11) is 0. The summed E-state index contributed by atoms with van der Waals surface area (Å²) in [4.78, 5) is 2.58. The highest BCUT2D eigenvalue weighted by Crippen LogP contribution is 2.42. The molecule has 5 unspecified atom stereocenters. The van der Waals surface area contributed by atoms with E-state index in [2.05, 4.69) is 39.5 Å². The molecule has 2 aliphatic rings. The Labute approximate surface area is 119 Å². The molecule has 1 saturated heterocycles. The maximum absolute atomic E-state index is 10.4. The van der Waals surface area contributed by atoms with Crippen LogP contribution >= 0.6 is 0 Å². The standard InChI is InChI=1S/C17H33NO/c1-6-17(4,5)14-7-8-16(19)15(9-14)18-10-12(2)13(3)11-18/h12-16,19H,6-11H2,1-5H3. The number of aliphatic hydroxyl groups excluding tert-OH is 1. The second-order valence-corrected chi connectivity index (χ2v) is 7.90. The molecule has 1 N–H and O–H groups in total. The van der Waals surface area contributed by atoms with Gasteiger partial charge in [0.2, 0.25) is 0 Å². The molecule has 2 nitrogen and oxygen atoms in total. The number of rotatable bonds is 3. The van der Waals surface area contributed by atoms with E-state index in [0.717, 1.165) is 24.2 Å². The van der Waals surface area contributed by atoms with Gasteiger partial charge in [-0.2, -0.15) is 0 Å². The molecule has 0 spiro atoms. The van der Waals surface area contributed by atoms with Crippen molar-refractivity contribution in [2.45, 2.75) is 72.4 Å². The molecule has 112 valence electrons. The monoisotopic (exact) mass is 267 g/mol. The van der Waals surface area contributed by atoms with Crippen molar-refractivity contribution in [3.05, 3.63) is 0 Å². The summed E-state index contributed by atoms with van der Waals surface area (Å²) in [5.74, 6) is 2.34. The molecular formula is C17H33NO. The first kappa shape index (κ1) is 15.3. The maximum Gasteiger partial charge on any atom is 0.0695 e. The van der Waals surface area contributed by atoms with Gasteiger partial charge in [-0.1, -0.05) is 41.0 Å². The molecule has 0 radical (unpaired) electrons. The summed E-state index contributed by atoms with van der Waals surface area (Å²) < 4.78 is 0. The Morgan fingerprint density at radius 1 is 1.11 bits per heavy atom. The molecule has 0 amide bonds. The highest BCUT2D eigenvalue weighted by atomic mass is 16.3. The molecule has 1 heterocycles. The van der Waals surface area contributed by atoms with E-state index in [9.17, 15) is 5.11 Å². The lowest BCUT2D eigenvalue weighted by Gasteiger charge is -2.44. The smallest absolute Gasteiger partial charge is 0.0695 e. The van der Waals surface area contributed by atoms with Crippen LogP contribution < -0.4 is 0 Å². The van der Waals surface area contributed by atoms with Crippen LogP contribution in [0, 0.1) is 23.2 Å². The van der Waals surface area contributed by atoms with Crippen LogP contribution in [0.4, 0.5) is 0 Å². The van der Waals surface area contributed by atoms with E-state index in [1.807, 2.05) is 0 Å². The Morgan fingerprint density at radius 2 is 1.68 bits per heavy atom. The van der Waals surface area contributed by atoms with E-state index < -0.39 is 0 Å². The first-order valence-electron chi connectivity index (χ1n) is 8.27. The van der Waals surface area contributed by atoms with Gasteiger partial charge >= 0.3 is 0 Å².